The summed E-state index contributed by atoms with van der Waals surface area (Å²) in [6.45, 7) is 6.74. The zero-order valence-corrected chi connectivity index (χ0v) is 14.4. The maximum atomic E-state index is 6.33. The molecular formula is C21H28N2. The van der Waals surface area contributed by atoms with Crippen molar-refractivity contribution in [3.05, 3.63) is 59.2 Å². The molecule has 2 nitrogen and oxygen atoms in total. The summed E-state index contributed by atoms with van der Waals surface area (Å²) in [4.78, 5) is 2.43. The molecule has 0 aliphatic carbocycles. The van der Waals surface area contributed by atoms with Gasteiger partial charge in [-0.3, -0.25) is 0 Å². The van der Waals surface area contributed by atoms with Gasteiger partial charge in [0.15, 0.2) is 0 Å². The quantitative estimate of drug-likeness (QED) is 0.808. The fourth-order valence-electron chi connectivity index (χ4n) is 3.39. The second kappa shape index (κ2) is 7.08. The number of nitrogens with two attached hydrogens (primary N) is 1. The Morgan fingerprint density at radius 2 is 1.57 bits per heavy atom. The predicted octanol–water partition coefficient (Wildman–Crippen LogP) is 4.97. The molecule has 2 aromatic carbocycles. The Balaban J connectivity index is 1.72. The zero-order valence-electron chi connectivity index (χ0n) is 14.4. The third-order valence-corrected chi connectivity index (χ3v) is 4.84. The van der Waals surface area contributed by atoms with Crippen LogP contribution in [0.1, 0.15) is 55.7 Å². The first kappa shape index (κ1) is 15.9. The fourth-order valence-corrected chi connectivity index (χ4v) is 3.39. The van der Waals surface area contributed by atoms with Gasteiger partial charge in [-0.1, -0.05) is 44.2 Å². The molecule has 0 radical (unpaired) electrons. The van der Waals surface area contributed by atoms with Crippen LogP contribution in [0.5, 0.6) is 0 Å². The zero-order chi connectivity index (χ0) is 16.2. The van der Waals surface area contributed by atoms with Crippen LogP contribution in [-0.2, 0) is 6.42 Å². The number of nitrogen functional groups attached to an aromatic ring is 1. The molecule has 0 spiro atoms. The summed E-state index contributed by atoms with van der Waals surface area (Å²) in [5.74, 6) is 0.587. The molecule has 2 heteroatoms. The lowest BCUT2D eigenvalue weighted by Crippen LogP contribution is -2.30. The van der Waals surface area contributed by atoms with Crippen LogP contribution < -0.4 is 10.6 Å². The van der Waals surface area contributed by atoms with Crippen molar-refractivity contribution in [1.82, 2.24) is 0 Å². The van der Waals surface area contributed by atoms with E-state index in [1.54, 1.807) is 0 Å². The largest absolute Gasteiger partial charge is 0.397 e. The molecule has 3 rings (SSSR count). The molecule has 0 bridgehead atoms. The van der Waals surface area contributed by atoms with Gasteiger partial charge in [-0.05, 0) is 60.4 Å². The van der Waals surface area contributed by atoms with Gasteiger partial charge in [-0.25, -0.2) is 0 Å². The molecule has 1 fully saturated rings. The topological polar surface area (TPSA) is 29.3 Å². The van der Waals surface area contributed by atoms with Gasteiger partial charge in [0.2, 0.25) is 0 Å². The highest BCUT2D eigenvalue weighted by atomic mass is 15.1. The molecule has 0 unspecified atom stereocenters. The molecule has 0 aromatic heterocycles. The molecule has 1 saturated heterocycles. The highest BCUT2D eigenvalue weighted by Crippen LogP contribution is 2.28. The van der Waals surface area contributed by atoms with E-state index in [2.05, 4.69) is 61.2 Å². The van der Waals surface area contributed by atoms with Crippen molar-refractivity contribution in [2.75, 3.05) is 23.7 Å². The van der Waals surface area contributed by atoms with Gasteiger partial charge in [0.25, 0.3) is 0 Å². The van der Waals surface area contributed by atoms with E-state index < -0.39 is 0 Å². The number of anilines is 2. The van der Waals surface area contributed by atoms with Gasteiger partial charge in [0.1, 0.15) is 0 Å². The first-order valence-corrected chi connectivity index (χ1v) is 8.85. The molecule has 23 heavy (non-hydrogen) atoms. The Bertz CT molecular complexity index is 637. The van der Waals surface area contributed by atoms with Gasteiger partial charge in [-0.15, -0.1) is 0 Å². The number of piperidine rings is 1. The smallest absolute Gasteiger partial charge is 0.0600 e. The molecule has 2 aromatic rings. The van der Waals surface area contributed by atoms with E-state index >= 15 is 0 Å². The van der Waals surface area contributed by atoms with Gasteiger partial charge in [-0.2, -0.15) is 0 Å². The van der Waals surface area contributed by atoms with Crippen molar-refractivity contribution in [2.45, 2.75) is 45.4 Å². The van der Waals surface area contributed by atoms with Crippen LogP contribution in [0.4, 0.5) is 11.4 Å². The van der Waals surface area contributed by atoms with Crippen LogP contribution in [0, 0.1) is 0 Å². The van der Waals surface area contributed by atoms with E-state index in [0.29, 0.717) is 5.92 Å². The van der Waals surface area contributed by atoms with Crippen LogP contribution in [0.3, 0.4) is 0 Å². The molecule has 1 heterocycles. The minimum absolute atomic E-state index is 0.587. The molecule has 122 valence electrons. The lowest BCUT2D eigenvalue weighted by Gasteiger charge is -2.30. The molecule has 1 aliphatic heterocycles. The maximum absolute atomic E-state index is 6.33. The van der Waals surface area contributed by atoms with Crippen molar-refractivity contribution >= 4 is 11.4 Å². The highest BCUT2D eigenvalue weighted by Gasteiger charge is 2.13. The van der Waals surface area contributed by atoms with Crippen LogP contribution in [0.2, 0.25) is 0 Å². The lowest BCUT2D eigenvalue weighted by atomic mass is 9.98. The van der Waals surface area contributed by atoms with Crippen LogP contribution in [0.15, 0.2) is 42.5 Å². The van der Waals surface area contributed by atoms with Crippen molar-refractivity contribution in [1.29, 1.82) is 0 Å². The Morgan fingerprint density at radius 3 is 2.17 bits per heavy atom. The van der Waals surface area contributed by atoms with E-state index in [-0.39, 0.29) is 0 Å². The minimum atomic E-state index is 0.587. The molecular weight excluding hydrogens is 280 g/mol. The summed E-state index contributed by atoms with van der Waals surface area (Å²) >= 11 is 0. The SMILES string of the molecule is CC(C)c1ccc(Cc2ccc(N3CCCCC3)c(N)c2)cc1. The summed E-state index contributed by atoms with van der Waals surface area (Å²) in [5.41, 5.74) is 12.5. The van der Waals surface area contributed by atoms with Gasteiger partial charge in [0, 0.05) is 13.1 Å². The van der Waals surface area contributed by atoms with Crippen molar-refractivity contribution in [2.24, 2.45) is 0 Å². The predicted molar refractivity (Wildman–Crippen MR) is 100 cm³/mol. The average Bonchev–Trinajstić information content (AvgIpc) is 2.56. The van der Waals surface area contributed by atoms with Crippen molar-refractivity contribution in [3.63, 3.8) is 0 Å². The summed E-state index contributed by atoms with van der Waals surface area (Å²) in [6.07, 6.45) is 4.86. The van der Waals surface area contributed by atoms with E-state index in [1.807, 2.05) is 0 Å². The number of nitrogens with zero attached hydrogens (tertiary/aromatic N) is 1. The summed E-state index contributed by atoms with van der Waals surface area (Å²) < 4.78 is 0. The normalized spacial score (nSPS) is 15.2. The Hall–Kier alpha value is -1.96. The number of hydrogen-bond acceptors (Lipinski definition) is 2. The Kier molecular flexibility index (Phi) is 4.90. The standard InChI is InChI=1S/C21H28N2/c1-16(2)19-9-6-17(7-10-19)14-18-8-11-21(20(22)15-18)23-12-4-3-5-13-23/h6-11,15-16H,3-5,12-14,22H2,1-2H3. The molecule has 0 saturated carbocycles. The van der Waals surface area contributed by atoms with E-state index in [4.69, 9.17) is 5.73 Å². The Labute approximate surface area is 140 Å². The van der Waals surface area contributed by atoms with E-state index in [9.17, 15) is 0 Å². The Morgan fingerprint density at radius 1 is 0.913 bits per heavy atom. The first-order valence-electron chi connectivity index (χ1n) is 8.85. The van der Waals surface area contributed by atoms with Crippen LogP contribution in [-0.4, -0.2) is 13.1 Å². The highest BCUT2D eigenvalue weighted by molar-refractivity contribution is 5.68. The third-order valence-electron chi connectivity index (χ3n) is 4.84. The molecule has 2 N–H and O–H groups in total. The summed E-state index contributed by atoms with van der Waals surface area (Å²) in [7, 11) is 0. The van der Waals surface area contributed by atoms with E-state index in [1.165, 1.54) is 41.6 Å². The summed E-state index contributed by atoms with van der Waals surface area (Å²) in [5, 5.41) is 0. The molecule has 0 atom stereocenters. The average molecular weight is 308 g/mol. The number of hydrogen-bond donors (Lipinski definition) is 1. The third kappa shape index (κ3) is 3.87. The van der Waals surface area contributed by atoms with E-state index in [0.717, 1.165) is 25.2 Å². The van der Waals surface area contributed by atoms with Crippen molar-refractivity contribution < 1.29 is 0 Å². The van der Waals surface area contributed by atoms with Gasteiger partial charge >= 0.3 is 0 Å². The number of rotatable bonds is 4. The lowest BCUT2D eigenvalue weighted by molar-refractivity contribution is 0.578. The van der Waals surface area contributed by atoms with Crippen molar-refractivity contribution in [3.8, 4) is 0 Å². The number of benzene rings is 2. The maximum Gasteiger partial charge on any atom is 0.0600 e. The molecule has 1 aliphatic rings. The second-order valence-electron chi connectivity index (χ2n) is 7.01. The van der Waals surface area contributed by atoms with Gasteiger partial charge < -0.3 is 10.6 Å². The fraction of sp³-hybridized carbons (Fsp3) is 0.429. The summed E-state index contributed by atoms with van der Waals surface area (Å²) in [6, 6.07) is 15.6. The monoisotopic (exact) mass is 308 g/mol. The minimum Gasteiger partial charge on any atom is -0.397 e. The first-order chi connectivity index (χ1) is 11.1. The van der Waals surface area contributed by atoms with Crippen LogP contribution >= 0.6 is 0 Å². The van der Waals surface area contributed by atoms with Crippen LogP contribution in [0.25, 0.3) is 0 Å². The van der Waals surface area contributed by atoms with Gasteiger partial charge in [0.05, 0.1) is 11.4 Å². The second-order valence-corrected chi connectivity index (χ2v) is 7.01. The molecule has 0 amide bonds.